The molecule has 0 bridgehead atoms. The summed E-state index contributed by atoms with van der Waals surface area (Å²) in [5, 5.41) is 0. The van der Waals surface area contributed by atoms with Gasteiger partial charge in [-0.05, 0) is 12.8 Å². The highest BCUT2D eigenvalue weighted by Gasteiger charge is 2.08. The molecular formula is C7H13NOS. The van der Waals surface area contributed by atoms with Gasteiger partial charge in [0.25, 0.3) is 0 Å². The monoisotopic (exact) mass is 159 g/mol. The van der Waals surface area contributed by atoms with Crippen LogP contribution in [0.3, 0.4) is 0 Å². The van der Waals surface area contributed by atoms with Gasteiger partial charge in [-0.15, -0.1) is 0 Å². The van der Waals surface area contributed by atoms with Crippen molar-refractivity contribution in [3.05, 3.63) is 0 Å². The molecule has 58 valence electrons. The van der Waals surface area contributed by atoms with E-state index in [1.165, 1.54) is 32.4 Å². The molecule has 1 fully saturated rings. The Kier molecular flexibility index (Phi) is 3.83. The number of hydrogen-bond acceptors (Lipinski definition) is 3. The summed E-state index contributed by atoms with van der Waals surface area (Å²) in [7, 11) is 0. The molecule has 1 rings (SSSR count). The number of piperidine rings is 1. The molecule has 1 saturated heterocycles. The Hall–Kier alpha value is -0.0200. The number of rotatable bonds is 3. The maximum absolute atomic E-state index is 10.0. The first-order valence-electron chi connectivity index (χ1n) is 3.75. The molecule has 0 aliphatic carbocycles. The van der Waals surface area contributed by atoms with E-state index in [4.69, 9.17) is 0 Å². The van der Waals surface area contributed by atoms with Crippen LogP contribution in [0.2, 0.25) is 0 Å². The second-order valence-corrected chi connectivity index (χ2v) is 3.56. The lowest BCUT2D eigenvalue weighted by molar-refractivity contribution is -0.105. The van der Waals surface area contributed by atoms with Gasteiger partial charge in [-0.25, -0.2) is 0 Å². The van der Waals surface area contributed by atoms with Crippen molar-refractivity contribution >= 4 is 18.2 Å². The van der Waals surface area contributed by atoms with Gasteiger partial charge >= 0.3 is 0 Å². The summed E-state index contributed by atoms with van der Waals surface area (Å²) in [5.41, 5.74) is 0. The molecule has 1 aliphatic heterocycles. The van der Waals surface area contributed by atoms with E-state index < -0.39 is 0 Å². The minimum atomic E-state index is 0.625. The molecule has 0 radical (unpaired) electrons. The first kappa shape index (κ1) is 8.08. The average molecular weight is 159 g/mol. The van der Waals surface area contributed by atoms with Crippen LogP contribution in [-0.4, -0.2) is 29.4 Å². The van der Waals surface area contributed by atoms with Gasteiger partial charge in [0.2, 0.25) is 0 Å². The quantitative estimate of drug-likeness (QED) is 0.457. The molecule has 2 nitrogen and oxygen atoms in total. The van der Waals surface area contributed by atoms with Crippen molar-refractivity contribution in [2.75, 3.05) is 18.8 Å². The topological polar surface area (TPSA) is 20.3 Å². The standard InChI is InChI=1S/C7H13NOS/c9-6-7-10-8-4-2-1-3-5-8/h6H,1-5,7H2. The van der Waals surface area contributed by atoms with E-state index in [0.29, 0.717) is 5.75 Å². The molecule has 10 heavy (non-hydrogen) atoms. The third-order valence-electron chi connectivity index (χ3n) is 1.64. The fourth-order valence-corrected chi connectivity index (χ4v) is 1.92. The second-order valence-electron chi connectivity index (χ2n) is 2.45. The summed E-state index contributed by atoms with van der Waals surface area (Å²) in [4.78, 5) is 10.0. The minimum Gasteiger partial charge on any atom is -0.302 e. The Bertz CT molecular complexity index is 102. The molecule has 0 spiro atoms. The van der Waals surface area contributed by atoms with Crippen LogP contribution < -0.4 is 0 Å². The number of carbonyl (C=O) groups is 1. The van der Waals surface area contributed by atoms with E-state index in [1.807, 2.05) is 0 Å². The Balaban J connectivity index is 2.07. The summed E-state index contributed by atoms with van der Waals surface area (Å²) in [6.45, 7) is 2.33. The van der Waals surface area contributed by atoms with Gasteiger partial charge in [-0.2, -0.15) is 0 Å². The molecule has 0 aromatic rings. The highest BCUT2D eigenvalue weighted by Crippen LogP contribution is 2.16. The van der Waals surface area contributed by atoms with Crippen LogP contribution in [0.15, 0.2) is 0 Å². The number of aldehydes is 1. The first-order valence-corrected chi connectivity index (χ1v) is 4.69. The van der Waals surface area contributed by atoms with Gasteiger partial charge in [0.05, 0.1) is 5.75 Å². The lowest BCUT2D eigenvalue weighted by Gasteiger charge is -2.23. The van der Waals surface area contributed by atoms with E-state index in [0.717, 1.165) is 6.29 Å². The second kappa shape index (κ2) is 4.74. The summed E-state index contributed by atoms with van der Waals surface area (Å²) < 4.78 is 2.29. The van der Waals surface area contributed by atoms with Crippen LogP contribution >= 0.6 is 11.9 Å². The highest BCUT2D eigenvalue weighted by molar-refractivity contribution is 7.97. The highest BCUT2D eigenvalue weighted by atomic mass is 32.2. The van der Waals surface area contributed by atoms with Crippen LogP contribution in [0.1, 0.15) is 19.3 Å². The Morgan fingerprint density at radius 1 is 1.30 bits per heavy atom. The van der Waals surface area contributed by atoms with Crippen LogP contribution in [0.4, 0.5) is 0 Å². The lowest BCUT2D eigenvalue weighted by Crippen LogP contribution is -2.23. The third-order valence-corrected chi connectivity index (χ3v) is 2.66. The maximum Gasteiger partial charge on any atom is 0.131 e. The largest absolute Gasteiger partial charge is 0.302 e. The number of nitrogens with zero attached hydrogens (tertiary/aromatic N) is 1. The molecule has 0 aromatic carbocycles. The molecule has 1 heterocycles. The summed E-state index contributed by atoms with van der Waals surface area (Å²) in [6, 6.07) is 0. The lowest BCUT2D eigenvalue weighted by atomic mass is 10.2. The fourth-order valence-electron chi connectivity index (χ4n) is 1.13. The van der Waals surface area contributed by atoms with E-state index in [-0.39, 0.29) is 0 Å². The zero-order valence-corrected chi connectivity index (χ0v) is 6.90. The van der Waals surface area contributed by atoms with Gasteiger partial charge in [0, 0.05) is 13.1 Å². The van der Waals surface area contributed by atoms with Crippen LogP contribution in [0.25, 0.3) is 0 Å². The Labute approximate surface area is 66.1 Å². The number of hydrogen-bond donors (Lipinski definition) is 0. The van der Waals surface area contributed by atoms with Crippen molar-refractivity contribution in [2.24, 2.45) is 0 Å². The molecule has 0 N–H and O–H groups in total. The minimum absolute atomic E-state index is 0.625. The van der Waals surface area contributed by atoms with Gasteiger partial charge in [0.1, 0.15) is 6.29 Å². The van der Waals surface area contributed by atoms with Crippen LogP contribution in [-0.2, 0) is 4.79 Å². The van der Waals surface area contributed by atoms with E-state index in [1.54, 1.807) is 11.9 Å². The molecule has 0 amide bonds. The predicted molar refractivity (Wildman–Crippen MR) is 43.9 cm³/mol. The van der Waals surface area contributed by atoms with Crippen LogP contribution in [0, 0.1) is 0 Å². The zero-order chi connectivity index (χ0) is 7.23. The van der Waals surface area contributed by atoms with Crippen molar-refractivity contribution in [3.8, 4) is 0 Å². The van der Waals surface area contributed by atoms with Gasteiger partial charge in [-0.3, -0.25) is 4.31 Å². The van der Waals surface area contributed by atoms with Crippen molar-refractivity contribution in [2.45, 2.75) is 19.3 Å². The molecular weight excluding hydrogens is 146 g/mol. The van der Waals surface area contributed by atoms with E-state index >= 15 is 0 Å². The first-order chi connectivity index (χ1) is 4.93. The smallest absolute Gasteiger partial charge is 0.131 e. The van der Waals surface area contributed by atoms with Crippen molar-refractivity contribution in [1.29, 1.82) is 0 Å². The Morgan fingerprint density at radius 2 is 2.00 bits per heavy atom. The third kappa shape index (κ3) is 2.71. The molecule has 3 heteroatoms. The summed E-state index contributed by atoms with van der Waals surface area (Å²) in [6.07, 6.45) is 4.93. The summed E-state index contributed by atoms with van der Waals surface area (Å²) >= 11 is 1.66. The van der Waals surface area contributed by atoms with Crippen molar-refractivity contribution in [1.82, 2.24) is 4.31 Å². The zero-order valence-electron chi connectivity index (χ0n) is 6.08. The van der Waals surface area contributed by atoms with Crippen LogP contribution in [0.5, 0.6) is 0 Å². The normalized spacial score (nSPS) is 20.8. The molecule has 0 atom stereocenters. The molecule has 0 unspecified atom stereocenters. The fraction of sp³-hybridized carbons (Fsp3) is 0.857. The van der Waals surface area contributed by atoms with E-state index in [2.05, 4.69) is 4.31 Å². The molecule has 0 aromatic heterocycles. The maximum atomic E-state index is 10.0. The van der Waals surface area contributed by atoms with Crippen molar-refractivity contribution < 1.29 is 4.79 Å². The predicted octanol–water partition coefficient (Wildman–Crippen LogP) is 1.32. The SMILES string of the molecule is O=CCSN1CCCCC1. The molecule has 0 saturated carbocycles. The average Bonchev–Trinajstić information content (AvgIpc) is 2.03. The van der Waals surface area contributed by atoms with E-state index in [9.17, 15) is 4.79 Å². The molecule has 1 aliphatic rings. The summed E-state index contributed by atoms with van der Waals surface area (Å²) in [5.74, 6) is 0.625. The van der Waals surface area contributed by atoms with Gasteiger partial charge in [0.15, 0.2) is 0 Å². The van der Waals surface area contributed by atoms with Crippen molar-refractivity contribution in [3.63, 3.8) is 0 Å². The number of carbonyl (C=O) groups excluding carboxylic acids is 1. The van der Waals surface area contributed by atoms with Gasteiger partial charge < -0.3 is 4.79 Å². The Morgan fingerprint density at radius 3 is 2.60 bits per heavy atom. The van der Waals surface area contributed by atoms with Gasteiger partial charge in [-0.1, -0.05) is 18.4 Å².